The van der Waals surface area contributed by atoms with Gasteiger partial charge in [-0.05, 0) is 26.2 Å². The molecule has 0 bridgehead atoms. The van der Waals surface area contributed by atoms with E-state index < -0.39 is 5.60 Å². The van der Waals surface area contributed by atoms with Gasteiger partial charge in [0.05, 0.1) is 11.7 Å². The molecule has 1 rings (SSSR count). The summed E-state index contributed by atoms with van der Waals surface area (Å²) in [6, 6.07) is 0. The van der Waals surface area contributed by atoms with E-state index in [2.05, 4.69) is 20.8 Å². The van der Waals surface area contributed by atoms with Gasteiger partial charge in [0.1, 0.15) is 0 Å². The Labute approximate surface area is 81.3 Å². The van der Waals surface area contributed by atoms with Crippen molar-refractivity contribution < 1.29 is 9.84 Å². The summed E-state index contributed by atoms with van der Waals surface area (Å²) in [6.45, 7) is 11.2. The van der Waals surface area contributed by atoms with Crippen LogP contribution in [0.25, 0.3) is 0 Å². The van der Waals surface area contributed by atoms with Gasteiger partial charge in [-0.1, -0.05) is 20.8 Å². The Balaban J connectivity index is 2.88. The van der Waals surface area contributed by atoms with Crippen LogP contribution >= 0.6 is 0 Å². The smallest absolute Gasteiger partial charge is 0.0889 e. The molecule has 1 N–H and O–H groups in total. The van der Waals surface area contributed by atoms with Crippen molar-refractivity contribution in [2.45, 2.75) is 52.7 Å². The zero-order chi connectivity index (χ0) is 10.3. The molecule has 0 amide bonds. The van der Waals surface area contributed by atoms with Gasteiger partial charge in [-0.25, -0.2) is 0 Å². The summed E-state index contributed by atoms with van der Waals surface area (Å²) in [6.07, 6.45) is 0.587. The summed E-state index contributed by atoms with van der Waals surface area (Å²) in [5.74, 6) is 0.491. The standard InChI is InChI=1S/C11H22O2/c1-8(2)11(5)6-7-13-10(3,4)9(11)12/h8-9,12H,6-7H2,1-5H3. The van der Waals surface area contributed by atoms with Crippen molar-refractivity contribution in [1.29, 1.82) is 0 Å². The van der Waals surface area contributed by atoms with Crippen molar-refractivity contribution in [2.24, 2.45) is 11.3 Å². The predicted octanol–water partition coefficient (Wildman–Crippen LogP) is 2.21. The molecular formula is C11H22O2. The summed E-state index contributed by atoms with van der Waals surface area (Å²) in [5, 5.41) is 10.2. The Morgan fingerprint density at radius 3 is 2.23 bits per heavy atom. The third-order valence-corrected chi connectivity index (χ3v) is 3.72. The lowest BCUT2D eigenvalue weighted by Gasteiger charge is -2.49. The van der Waals surface area contributed by atoms with Crippen LogP contribution in [0.1, 0.15) is 41.0 Å². The number of rotatable bonds is 1. The predicted molar refractivity (Wildman–Crippen MR) is 53.6 cm³/mol. The SMILES string of the molecule is CC(C)C1(C)CCOC(C)(C)C1O. The first-order valence-electron chi connectivity index (χ1n) is 5.13. The number of ether oxygens (including phenoxy) is 1. The first-order valence-corrected chi connectivity index (χ1v) is 5.13. The maximum Gasteiger partial charge on any atom is 0.0889 e. The number of aliphatic hydroxyl groups is 1. The number of aliphatic hydroxyl groups excluding tert-OH is 1. The van der Waals surface area contributed by atoms with E-state index in [1.54, 1.807) is 0 Å². The number of hydrogen-bond acceptors (Lipinski definition) is 2. The lowest BCUT2D eigenvalue weighted by atomic mass is 9.66. The van der Waals surface area contributed by atoms with Crippen molar-refractivity contribution >= 4 is 0 Å². The molecule has 1 saturated heterocycles. The lowest BCUT2D eigenvalue weighted by molar-refractivity contribution is -0.201. The summed E-state index contributed by atoms with van der Waals surface area (Å²) in [4.78, 5) is 0. The van der Waals surface area contributed by atoms with Crippen molar-refractivity contribution in [3.8, 4) is 0 Å². The zero-order valence-corrected chi connectivity index (χ0v) is 9.42. The minimum absolute atomic E-state index is 0.00174. The minimum atomic E-state index is -0.392. The van der Waals surface area contributed by atoms with Crippen LogP contribution < -0.4 is 0 Å². The molecule has 78 valence electrons. The third-order valence-electron chi connectivity index (χ3n) is 3.72. The maximum atomic E-state index is 10.2. The summed E-state index contributed by atoms with van der Waals surface area (Å²) in [5.41, 5.74) is -0.390. The molecule has 0 radical (unpaired) electrons. The topological polar surface area (TPSA) is 29.5 Å². The molecule has 0 saturated carbocycles. The maximum absolute atomic E-state index is 10.2. The molecule has 0 aromatic heterocycles. The Kier molecular flexibility index (Phi) is 2.75. The van der Waals surface area contributed by atoms with Gasteiger partial charge in [0.15, 0.2) is 0 Å². The van der Waals surface area contributed by atoms with Crippen LogP contribution in [0.15, 0.2) is 0 Å². The molecule has 0 spiro atoms. The van der Waals surface area contributed by atoms with E-state index in [0.717, 1.165) is 13.0 Å². The van der Waals surface area contributed by atoms with Crippen LogP contribution in [0.5, 0.6) is 0 Å². The highest BCUT2D eigenvalue weighted by Crippen LogP contribution is 2.43. The molecule has 0 aromatic rings. The van der Waals surface area contributed by atoms with Crippen LogP contribution in [-0.4, -0.2) is 23.4 Å². The van der Waals surface area contributed by atoms with Crippen molar-refractivity contribution in [2.75, 3.05) is 6.61 Å². The molecule has 2 heteroatoms. The molecule has 1 aliphatic heterocycles. The fraction of sp³-hybridized carbons (Fsp3) is 1.00. The molecule has 1 fully saturated rings. The molecule has 2 nitrogen and oxygen atoms in total. The van der Waals surface area contributed by atoms with E-state index >= 15 is 0 Å². The molecule has 2 unspecified atom stereocenters. The largest absolute Gasteiger partial charge is 0.390 e. The highest BCUT2D eigenvalue weighted by molar-refractivity contribution is 4.97. The van der Waals surface area contributed by atoms with Crippen LogP contribution in [0.3, 0.4) is 0 Å². The third kappa shape index (κ3) is 1.75. The quantitative estimate of drug-likeness (QED) is 0.680. The van der Waals surface area contributed by atoms with Gasteiger partial charge < -0.3 is 9.84 Å². The van der Waals surface area contributed by atoms with E-state index in [1.165, 1.54) is 0 Å². The minimum Gasteiger partial charge on any atom is -0.390 e. The van der Waals surface area contributed by atoms with Crippen molar-refractivity contribution in [3.63, 3.8) is 0 Å². The Bertz CT molecular complexity index is 187. The highest BCUT2D eigenvalue weighted by atomic mass is 16.5. The number of hydrogen-bond donors (Lipinski definition) is 1. The normalized spacial score (nSPS) is 39.5. The fourth-order valence-corrected chi connectivity index (χ4v) is 2.15. The zero-order valence-electron chi connectivity index (χ0n) is 9.42. The second-order valence-corrected chi connectivity index (χ2v) is 5.26. The van der Waals surface area contributed by atoms with E-state index in [1.807, 2.05) is 13.8 Å². The Morgan fingerprint density at radius 2 is 1.85 bits per heavy atom. The average Bonchev–Trinajstić information content (AvgIpc) is 1.99. The average molecular weight is 186 g/mol. The van der Waals surface area contributed by atoms with Gasteiger partial charge >= 0.3 is 0 Å². The van der Waals surface area contributed by atoms with E-state index in [0.29, 0.717) is 5.92 Å². The van der Waals surface area contributed by atoms with Crippen LogP contribution in [0, 0.1) is 11.3 Å². The van der Waals surface area contributed by atoms with Gasteiger partial charge in [-0.15, -0.1) is 0 Å². The highest BCUT2D eigenvalue weighted by Gasteiger charge is 2.48. The van der Waals surface area contributed by atoms with Crippen LogP contribution in [0.2, 0.25) is 0 Å². The van der Waals surface area contributed by atoms with Crippen molar-refractivity contribution in [1.82, 2.24) is 0 Å². The molecular weight excluding hydrogens is 164 g/mol. The summed E-state index contributed by atoms with van der Waals surface area (Å²) in [7, 11) is 0. The lowest BCUT2D eigenvalue weighted by Crippen LogP contribution is -2.55. The fourth-order valence-electron chi connectivity index (χ4n) is 2.15. The molecule has 1 aliphatic rings. The van der Waals surface area contributed by atoms with E-state index in [9.17, 15) is 5.11 Å². The van der Waals surface area contributed by atoms with Crippen molar-refractivity contribution in [3.05, 3.63) is 0 Å². The molecule has 0 aromatic carbocycles. The molecule has 13 heavy (non-hydrogen) atoms. The second kappa shape index (κ2) is 3.25. The summed E-state index contributed by atoms with van der Waals surface area (Å²) >= 11 is 0. The van der Waals surface area contributed by atoms with Gasteiger partial charge in [0.2, 0.25) is 0 Å². The van der Waals surface area contributed by atoms with Gasteiger partial charge in [0.25, 0.3) is 0 Å². The molecule has 2 atom stereocenters. The van der Waals surface area contributed by atoms with Crippen LogP contribution in [0.4, 0.5) is 0 Å². The van der Waals surface area contributed by atoms with E-state index in [4.69, 9.17) is 4.74 Å². The Morgan fingerprint density at radius 1 is 1.31 bits per heavy atom. The first-order chi connectivity index (χ1) is 5.81. The van der Waals surface area contributed by atoms with E-state index in [-0.39, 0.29) is 11.5 Å². The summed E-state index contributed by atoms with van der Waals surface area (Å²) < 4.78 is 5.57. The second-order valence-electron chi connectivity index (χ2n) is 5.26. The van der Waals surface area contributed by atoms with Gasteiger partial charge in [-0.3, -0.25) is 0 Å². The van der Waals surface area contributed by atoms with Gasteiger partial charge in [0, 0.05) is 12.0 Å². The molecule has 0 aliphatic carbocycles. The Hall–Kier alpha value is -0.0800. The monoisotopic (exact) mass is 186 g/mol. The first kappa shape index (κ1) is 11.0. The molecule has 1 heterocycles. The van der Waals surface area contributed by atoms with Gasteiger partial charge in [-0.2, -0.15) is 0 Å². The van der Waals surface area contributed by atoms with Crippen LogP contribution in [-0.2, 0) is 4.74 Å².